The van der Waals surface area contributed by atoms with Crippen molar-refractivity contribution in [1.82, 2.24) is 9.21 Å². The highest BCUT2D eigenvalue weighted by molar-refractivity contribution is 7.91. The highest BCUT2D eigenvalue weighted by Crippen LogP contribution is 2.32. The Bertz CT molecular complexity index is 992. The van der Waals surface area contributed by atoms with E-state index in [9.17, 15) is 18.3 Å². The first-order valence-electron chi connectivity index (χ1n) is 10.5. The molecule has 3 heterocycles. The fraction of sp³-hybridized carbons (Fsp3) is 0.500. The molecule has 2 fully saturated rings. The number of aromatic hydroxyl groups is 1. The summed E-state index contributed by atoms with van der Waals surface area (Å²) in [5.41, 5.74) is 1.20. The van der Waals surface area contributed by atoms with Crippen LogP contribution in [0.1, 0.15) is 42.0 Å². The maximum absolute atomic E-state index is 13.1. The van der Waals surface area contributed by atoms with Crippen molar-refractivity contribution in [2.75, 3.05) is 26.2 Å². The van der Waals surface area contributed by atoms with Gasteiger partial charge in [0.25, 0.3) is 10.0 Å². The Labute approximate surface area is 182 Å². The van der Waals surface area contributed by atoms with Gasteiger partial charge >= 0.3 is 0 Å². The number of thiophene rings is 1. The number of hydrogen-bond acceptors (Lipinski definition) is 5. The topological polar surface area (TPSA) is 77.9 Å². The number of piperidine rings is 2. The maximum Gasteiger partial charge on any atom is 0.252 e. The Kier molecular flexibility index (Phi) is 6.18. The second-order valence-electron chi connectivity index (χ2n) is 8.26. The average molecular weight is 449 g/mol. The number of likely N-dealkylation sites (tertiary alicyclic amines) is 1. The van der Waals surface area contributed by atoms with Crippen LogP contribution in [-0.2, 0) is 14.8 Å². The molecule has 8 heteroatoms. The van der Waals surface area contributed by atoms with Crippen LogP contribution < -0.4 is 0 Å². The molecule has 0 saturated carbocycles. The van der Waals surface area contributed by atoms with E-state index in [1.165, 1.54) is 21.2 Å². The van der Waals surface area contributed by atoms with E-state index < -0.39 is 10.0 Å². The van der Waals surface area contributed by atoms with Crippen LogP contribution in [0.25, 0.3) is 0 Å². The molecule has 1 unspecified atom stereocenters. The second-order valence-corrected chi connectivity index (χ2v) is 11.7. The predicted molar refractivity (Wildman–Crippen MR) is 117 cm³/mol. The van der Waals surface area contributed by atoms with Gasteiger partial charge in [-0.2, -0.15) is 4.31 Å². The number of sulfonamides is 1. The summed E-state index contributed by atoms with van der Waals surface area (Å²) in [4.78, 5) is 16.0. The normalized spacial score (nSPS) is 21.6. The Morgan fingerprint density at radius 2 is 1.73 bits per heavy atom. The number of rotatable bonds is 4. The number of nitrogens with zero attached hydrogens (tertiary/aromatic N) is 2. The van der Waals surface area contributed by atoms with Crippen LogP contribution in [0.2, 0.25) is 0 Å². The molecular weight excluding hydrogens is 420 g/mol. The van der Waals surface area contributed by atoms with E-state index in [1.54, 1.807) is 18.2 Å². The van der Waals surface area contributed by atoms with Crippen molar-refractivity contribution < 1.29 is 18.3 Å². The molecule has 4 rings (SSSR count). The fourth-order valence-corrected chi connectivity index (χ4v) is 7.44. The molecule has 0 radical (unpaired) electrons. The monoisotopic (exact) mass is 448 g/mol. The van der Waals surface area contributed by atoms with Crippen LogP contribution in [0.4, 0.5) is 0 Å². The summed E-state index contributed by atoms with van der Waals surface area (Å²) in [5, 5.41) is 9.47. The van der Waals surface area contributed by atoms with Gasteiger partial charge in [-0.15, -0.1) is 11.3 Å². The summed E-state index contributed by atoms with van der Waals surface area (Å²) < 4.78 is 27.8. The lowest BCUT2D eigenvalue weighted by molar-refractivity contribution is -0.137. The summed E-state index contributed by atoms with van der Waals surface area (Å²) in [6.45, 7) is 4.03. The lowest BCUT2D eigenvalue weighted by atomic mass is 9.88. The van der Waals surface area contributed by atoms with Gasteiger partial charge in [0.1, 0.15) is 9.96 Å². The minimum atomic E-state index is -3.53. The molecule has 30 heavy (non-hydrogen) atoms. The Morgan fingerprint density at radius 3 is 2.37 bits per heavy atom. The SMILES string of the molecule is Cc1ccc(S(=O)(=O)N2CCCC(C(=O)N3CCC(c4ccc(O)cc4)CC3)C2)s1. The first-order valence-corrected chi connectivity index (χ1v) is 12.7. The molecule has 2 aromatic rings. The van der Waals surface area contributed by atoms with Crippen molar-refractivity contribution in [2.45, 2.75) is 42.7 Å². The van der Waals surface area contributed by atoms with Gasteiger partial charge in [0.2, 0.25) is 5.91 Å². The van der Waals surface area contributed by atoms with Gasteiger partial charge in [-0.05, 0) is 68.4 Å². The van der Waals surface area contributed by atoms with E-state index in [2.05, 4.69) is 0 Å². The van der Waals surface area contributed by atoms with E-state index in [1.807, 2.05) is 30.0 Å². The largest absolute Gasteiger partial charge is 0.508 e. The number of amides is 1. The molecule has 6 nitrogen and oxygen atoms in total. The van der Waals surface area contributed by atoms with Crippen molar-refractivity contribution in [3.63, 3.8) is 0 Å². The highest BCUT2D eigenvalue weighted by atomic mass is 32.2. The zero-order valence-corrected chi connectivity index (χ0v) is 18.8. The Balaban J connectivity index is 1.37. The van der Waals surface area contributed by atoms with E-state index in [-0.39, 0.29) is 24.1 Å². The lowest BCUT2D eigenvalue weighted by Crippen LogP contribution is -2.48. The van der Waals surface area contributed by atoms with Crippen molar-refractivity contribution in [1.29, 1.82) is 0 Å². The van der Waals surface area contributed by atoms with Gasteiger partial charge in [-0.3, -0.25) is 4.79 Å². The zero-order chi connectivity index (χ0) is 21.3. The fourth-order valence-electron chi connectivity index (χ4n) is 4.48. The third-order valence-corrected chi connectivity index (χ3v) is 9.55. The van der Waals surface area contributed by atoms with Crippen molar-refractivity contribution in [3.8, 4) is 5.75 Å². The number of carbonyl (C=O) groups excluding carboxylic acids is 1. The Morgan fingerprint density at radius 1 is 1.03 bits per heavy atom. The summed E-state index contributed by atoms with van der Waals surface area (Å²) in [7, 11) is -3.53. The highest BCUT2D eigenvalue weighted by Gasteiger charge is 2.36. The lowest BCUT2D eigenvalue weighted by Gasteiger charge is -2.37. The number of phenolic OH excluding ortho intramolecular Hbond substituents is 1. The third kappa shape index (κ3) is 4.40. The van der Waals surface area contributed by atoms with Gasteiger partial charge in [0.05, 0.1) is 5.92 Å². The molecule has 1 aromatic heterocycles. The Hall–Kier alpha value is -1.90. The van der Waals surface area contributed by atoms with E-state index in [0.717, 1.165) is 24.1 Å². The standard InChI is InChI=1S/C22H28N2O4S2/c1-16-4-9-21(29-16)30(27,28)24-12-2-3-19(15-24)22(26)23-13-10-18(11-14-23)17-5-7-20(25)8-6-17/h4-9,18-19,25H,2-3,10-15H2,1H3. The second kappa shape index (κ2) is 8.69. The first-order chi connectivity index (χ1) is 14.3. The number of benzene rings is 1. The quantitative estimate of drug-likeness (QED) is 0.776. The van der Waals surface area contributed by atoms with Crippen LogP contribution in [0, 0.1) is 12.8 Å². The summed E-state index contributed by atoms with van der Waals surface area (Å²) in [5.74, 6) is 0.474. The van der Waals surface area contributed by atoms with E-state index in [4.69, 9.17) is 0 Å². The number of phenols is 1. The molecule has 2 aliphatic rings. The van der Waals surface area contributed by atoms with Gasteiger partial charge < -0.3 is 10.0 Å². The van der Waals surface area contributed by atoms with Gasteiger partial charge in [0.15, 0.2) is 0 Å². The molecular formula is C22H28N2O4S2. The molecule has 2 aliphatic heterocycles. The van der Waals surface area contributed by atoms with Gasteiger partial charge in [0, 0.05) is 31.1 Å². The number of hydrogen-bond donors (Lipinski definition) is 1. The third-order valence-electron chi connectivity index (χ3n) is 6.21. The van der Waals surface area contributed by atoms with Gasteiger partial charge in [-0.25, -0.2) is 8.42 Å². The first kappa shape index (κ1) is 21.3. The average Bonchev–Trinajstić information content (AvgIpc) is 3.21. The summed E-state index contributed by atoms with van der Waals surface area (Å²) in [6, 6.07) is 10.8. The number of carbonyl (C=O) groups is 1. The molecule has 162 valence electrons. The van der Waals surface area contributed by atoms with E-state index in [0.29, 0.717) is 36.2 Å². The summed E-state index contributed by atoms with van der Waals surface area (Å²) in [6.07, 6.45) is 3.23. The molecule has 1 atom stereocenters. The molecule has 0 bridgehead atoms. The minimum absolute atomic E-state index is 0.0846. The molecule has 1 N–H and O–H groups in total. The van der Waals surface area contributed by atoms with Gasteiger partial charge in [-0.1, -0.05) is 12.1 Å². The molecule has 0 aliphatic carbocycles. The van der Waals surface area contributed by atoms with Crippen LogP contribution in [-0.4, -0.2) is 54.8 Å². The van der Waals surface area contributed by atoms with Crippen molar-refractivity contribution in [2.24, 2.45) is 5.92 Å². The van der Waals surface area contributed by atoms with Crippen LogP contribution >= 0.6 is 11.3 Å². The molecule has 1 amide bonds. The van der Waals surface area contributed by atoms with Crippen LogP contribution in [0.5, 0.6) is 5.75 Å². The van der Waals surface area contributed by atoms with Crippen molar-refractivity contribution in [3.05, 3.63) is 46.8 Å². The molecule has 2 saturated heterocycles. The molecule has 1 aromatic carbocycles. The van der Waals surface area contributed by atoms with Crippen LogP contribution in [0.3, 0.4) is 0 Å². The minimum Gasteiger partial charge on any atom is -0.508 e. The smallest absolute Gasteiger partial charge is 0.252 e. The predicted octanol–water partition coefficient (Wildman–Crippen LogP) is 3.57. The van der Waals surface area contributed by atoms with E-state index >= 15 is 0 Å². The summed E-state index contributed by atoms with van der Waals surface area (Å²) >= 11 is 1.28. The molecule has 0 spiro atoms. The van der Waals surface area contributed by atoms with Crippen LogP contribution in [0.15, 0.2) is 40.6 Å². The number of aryl methyl sites for hydroxylation is 1. The van der Waals surface area contributed by atoms with Crippen molar-refractivity contribution >= 4 is 27.3 Å². The maximum atomic E-state index is 13.1. The zero-order valence-electron chi connectivity index (χ0n) is 17.2.